The Morgan fingerprint density at radius 3 is 1.59 bits per heavy atom. The molecule has 5 aromatic carbocycles. The average molecular weight is 479 g/mol. The number of hydrogen-bond donors (Lipinski definition) is 0. The summed E-state index contributed by atoms with van der Waals surface area (Å²) in [4.78, 5) is 42.6. The summed E-state index contributed by atoms with van der Waals surface area (Å²) in [6.07, 6.45) is 0. The largest absolute Gasteiger partial charge is 0.293 e. The van der Waals surface area contributed by atoms with Gasteiger partial charge in [0.25, 0.3) is 0 Å². The topological polar surface area (TPSA) is 51.2 Å². The summed E-state index contributed by atoms with van der Waals surface area (Å²) in [6.45, 7) is 0. The van der Waals surface area contributed by atoms with Gasteiger partial charge in [-0.05, 0) is 21.9 Å². The molecule has 1 unspecified atom stereocenters. The van der Waals surface area contributed by atoms with Crippen molar-refractivity contribution in [1.82, 2.24) is 0 Å². The Bertz CT molecular complexity index is 1690. The summed E-state index contributed by atoms with van der Waals surface area (Å²) in [7, 11) is 0. The van der Waals surface area contributed by atoms with Crippen molar-refractivity contribution in [2.24, 2.45) is 0 Å². The number of benzene rings is 5. The molecule has 0 spiro atoms. The lowest BCUT2D eigenvalue weighted by Gasteiger charge is -2.30. The van der Waals surface area contributed by atoms with Gasteiger partial charge in [0.1, 0.15) is 0 Å². The lowest BCUT2D eigenvalue weighted by Crippen LogP contribution is -2.27. The van der Waals surface area contributed by atoms with Crippen LogP contribution in [0.2, 0.25) is 0 Å². The van der Waals surface area contributed by atoms with Crippen LogP contribution in [0.1, 0.15) is 48.1 Å². The zero-order chi connectivity index (χ0) is 25.4. The fraction of sp³-hybridized carbons (Fsp3) is 0.0294. The standard InChI is InChI=1S/C34H22O3/c35-32(23-12-4-1-5-13-23)29-26-20-10-18-22-19-11-21-27(28(22)26)30(33(36)24-14-6-2-7-15-24)31(29)34(37)25-16-8-3-9-17-25/h1-21,29H. The second-order valence-electron chi connectivity index (χ2n) is 9.09. The number of rotatable bonds is 6. The first-order valence-corrected chi connectivity index (χ1v) is 12.2. The molecule has 1 aliphatic carbocycles. The summed E-state index contributed by atoms with van der Waals surface area (Å²) in [5.41, 5.74) is 3.34. The summed E-state index contributed by atoms with van der Waals surface area (Å²) < 4.78 is 0. The van der Waals surface area contributed by atoms with Gasteiger partial charge < -0.3 is 0 Å². The highest BCUT2D eigenvalue weighted by molar-refractivity contribution is 6.39. The van der Waals surface area contributed by atoms with Crippen LogP contribution in [0.3, 0.4) is 0 Å². The fourth-order valence-corrected chi connectivity index (χ4v) is 5.27. The molecule has 0 aromatic heterocycles. The van der Waals surface area contributed by atoms with E-state index in [0.717, 1.165) is 16.3 Å². The van der Waals surface area contributed by atoms with Gasteiger partial charge in [-0.2, -0.15) is 0 Å². The minimum absolute atomic E-state index is 0.208. The number of allylic oxidation sites excluding steroid dienone is 2. The van der Waals surface area contributed by atoms with Crippen LogP contribution >= 0.6 is 0 Å². The minimum Gasteiger partial charge on any atom is -0.293 e. The molecule has 6 rings (SSSR count). The van der Waals surface area contributed by atoms with Crippen molar-refractivity contribution in [3.63, 3.8) is 0 Å². The van der Waals surface area contributed by atoms with Crippen LogP contribution in [0.15, 0.2) is 133 Å². The van der Waals surface area contributed by atoms with E-state index < -0.39 is 5.92 Å². The van der Waals surface area contributed by atoms with Gasteiger partial charge in [0.05, 0.1) is 5.92 Å². The van der Waals surface area contributed by atoms with Gasteiger partial charge in [0, 0.05) is 27.8 Å². The predicted molar refractivity (Wildman–Crippen MR) is 146 cm³/mol. The SMILES string of the molecule is O=C(C1=C(C(=O)c2ccccc2)C(C(=O)c2ccccc2)c2cccc3cccc1c23)c1ccccc1. The monoisotopic (exact) mass is 478 g/mol. The molecular formula is C34H22O3. The first-order chi connectivity index (χ1) is 18.1. The number of ketones is 3. The molecule has 176 valence electrons. The van der Waals surface area contributed by atoms with Crippen LogP contribution < -0.4 is 0 Å². The van der Waals surface area contributed by atoms with E-state index in [4.69, 9.17) is 0 Å². The molecule has 0 fully saturated rings. The third-order valence-electron chi connectivity index (χ3n) is 6.94. The Morgan fingerprint density at radius 2 is 1.00 bits per heavy atom. The number of carbonyl (C=O) groups is 3. The molecule has 0 amide bonds. The second kappa shape index (κ2) is 9.29. The molecule has 1 atom stereocenters. The van der Waals surface area contributed by atoms with Gasteiger partial charge >= 0.3 is 0 Å². The Morgan fingerprint density at radius 1 is 0.486 bits per heavy atom. The predicted octanol–water partition coefficient (Wildman–Crippen LogP) is 7.34. The summed E-state index contributed by atoms with van der Waals surface area (Å²) in [6, 6.07) is 38.3. The number of carbonyl (C=O) groups excluding carboxylic acids is 3. The highest BCUT2D eigenvalue weighted by atomic mass is 16.1. The molecule has 0 bridgehead atoms. The van der Waals surface area contributed by atoms with E-state index >= 15 is 0 Å². The molecule has 1 aliphatic rings. The molecule has 0 heterocycles. The molecule has 0 aliphatic heterocycles. The van der Waals surface area contributed by atoms with Crippen molar-refractivity contribution in [3.8, 4) is 0 Å². The van der Waals surface area contributed by atoms with Crippen molar-refractivity contribution < 1.29 is 14.4 Å². The molecule has 37 heavy (non-hydrogen) atoms. The lowest BCUT2D eigenvalue weighted by atomic mass is 9.70. The Kier molecular flexibility index (Phi) is 5.66. The number of hydrogen-bond acceptors (Lipinski definition) is 3. The molecular weight excluding hydrogens is 456 g/mol. The zero-order valence-electron chi connectivity index (χ0n) is 19.9. The molecule has 0 radical (unpaired) electrons. The van der Waals surface area contributed by atoms with E-state index in [0.29, 0.717) is 27.8 Å². The van der Waals surface area contributed by atoms with Gasteiger partial charge in [-0.3, -0.25) is 14.4 Å². The average Bonchev–Trinajstić information content (AvgIpc) is 2.97. The van der Waals surface area contributed by atoms with Crippen molar-refractivity contribution in [2.75, 3.05) is 0 Å². The molecule has 0 saturated heterocycles. The fourth-order valence-electron chi connectivity index (χ4n) is 5.27. The molecule has 3 heteroatoms. The van der Waals surface area contributed by atoms with Crippen molar-refractivity contribution in [2.45, 2.75) is 5.92 Å². The maximum absolute atomic E-state index is 14.3. The normalized spacial score (nSPS) is 14.4. The quantitative estimate of drug-likeness (QED) is 0.240. The molecule has 0 saturated carbocycles. The van der Waals surface area contributed by atoms with Crippen LogP contribution in [-0.4, -0.2) is 17.3 Å². The van der Waals surface area contributed by atoms with E-state index in [1.165, 1.54) is 0 Å². The lowest BCUT2D eigenvalue weighted by molar-refractivity contribution is 0.0939. The molecule has 5 aromatic rings. The van der Waals surface area contributed by atoms with Gasteiger partial charge in [0.15, 0.2) is 17.3 Å². The van der Waals surface area contributed by atoms with Crippen LogP contribution in [0, 0.1) is 0 Å². The molecule has 0 N–H and O–H groups in total. The first kappa shape index (κ1) is 22.6. The van der Waals surface area contributed by atoms with E-state index in [2.05, 4.69) is 0 Å². The van der Waals surface area contributed by atoms with Crippen LogP contribution in [0.5, 0.6) is 0 Å². The summed E-state index contributed by atoms with van der Waals surface area (Å²) >= 11 is 0. The van der Waals surface area contributed by atoms with Gasteiger partial charge in [-0.1, -0.05) is 127 Å². The third kappa shape index (κ3) is 3.82. The summed E-state index contributed by atoms with van der Waals surface area (Å²) in [5.74, 6) is -1.72. The van der Waals surface area contributed by atoms with E-state index in [1.54, 1.807) is 60.7 Å². The Labute approximate surface area is 214 Å². The van der Waals surface area contributed by atoms with Crippen molar-refractivity contribution in [3.05, 3.63) is 161 Å². The smallest absolute Gasteiger partial charge is 0.194 e. The van der Waals surface area contributed by atoms with Crippen LogP contribution in [0.4, 0.5) is 0 Å². The maximum atomic E-state index is 14.3. The second-order valence-corrected chi connectivity index (χ2v) is 9.09. The van der Waals surface area contributed by atoms with E-state index in [9.17, 15) is 14.4 Å². The van der Waals surface area contributed by atoms with E-state index in [1.807, 2.05) is 66.7 Å². The highest BCUT2D eigenvalue weighted by Crippen LogP contribution is 2.46. The summed E-state index contributed by atoms with van der Waals surface area (Å²) in [5, 5.41) is 1.76. The van der Waals surface area contributed by atoms with Gasteiger partial charge in [-0.25, -0.2) is 0 Å². The van der Waals surface area contributed by atoms with Gasteiger partial charge in [0.2, 0.25) is 0 Å². The maximum Gasteiger partial charge on any atom is 0.194 e. The highest BCUT2D eigenvalue weighted by Gasteiger charge is 2.40. The van der Waals surface area contributed by atoms with Crippen molar-refractivity contribution >= 4 is 33.7 Å². The third-order valence-corrected chi connectivity index (χ3v) is 6.94. The minimum atomic E-state index is -0.920. The zero-order valence-corrected chi connectivity index (χ0v) is 19.9. The van der Waals surface area contributed by atoms with Crippen molar-refractivity contribution in [1.29, 1.82) is 0 Å². The molecule has 3 nitrogen and oxygen atoms in total. The van der Waals surface area contributed by atoms with Gasteiger partial charge in [-0.15, -0.1) is 0 Å². The van der Waals surface area contributed by atoms with Crippen LogP contribution in [-0.2, 0) is 0 Å². The first-order valence-electron chi connectivity index (χ1n) is 12.2. The number of Topliss-reactive ketones (excluding diaryl/α,β-unsaturated/α-hetero) is 3. The Balaban J connectivity index is 1.72. The Hall–Kier alpha value is -4.89. The van der Waals surface area contributed by atoms with E-state index in [-0.39, 0.29) is 22.9 Å². The van der Waals surface area contributed by atoms with Crippen LogP contribution in [0.25, 0.3) is 16.3 Å².